The predicted molar refractivity (Wildman–Crippen MR) is 65.1 cm³/mol. The molecule has 0 aromatic heterocycles. The summed E-state index contributed by atoms with van der Waals surface area (Å²) in [5, 5.41) is 3.60. The van der Waals surface area contributed by atoms with Gasteiger partial charge in [-0.1, -0.05) is 25.7 Å². The first-order chi connectivity index (χ1) is 7.19. The zero-order valence-corrected chi connectivity index (χ0v) is 10.6. The van der Waals surface area contributed by atoms with Gasteiger partial charge in [-0.2, -0.15) is 0 Å². The van der Waals surface area contributed by atoms with Gasteiger partial charge in [-0.05, 0) is 46.3 Å². The minimum Gasteiger partial charge on any atom is -0.315 e. The third-order valence-electron chi connectivity index (χ3n) is 4.62. The van der Waals surface area contributed by atoms with Crippen molar-refractivity contribution in [1.29, 1.82) is 0 Å². The molecule has 0 amide bonds. The summed E-state index contributed by atoms with van der Waals surface area (Å²) in [6.07, 6.45) is 9.95. The molecule has 0 aromatic carbocycles. The first kappa shape index (κ1) is 11.4. The van der Waals surface area contributed by atoms with Crippen LogP contribution in [0.4, 0.5) is 0 Å². The molecule has 1 unspecified atom stereocenters. The Hall–Kier alpha value is -0.0800. The van der Waals surface area contributed by atoms with E-state index in [0.29, 0.717) is 11.6 Å². The summed E-state index contributed by atoms with van der Waals surface area (Å²) in [5.74, 6) is 1.03. The fourth-order valence-corrected chi connectivity index (χ4v) is 3.39. The van der Waals surface area contributed by atoms with Gasteiger partial charge in [0.25, 0.3) is 0 Å². The quantitative estimate of drug-likeness (QED) is 0.749. The smallest absolute Gasteiger partial charge is 0.0356 e. The minimum absolute atomic E-state index is 0.456. The lowest BCUT2D eigenvalue weighted by Crippen LogP contribution is -2.56. The summed E-state index contributed by atoms with van der Waals surface area (Å²) >= 11 is 0. The van der Waals surface area contributed by atoms with Gasteiger partial charge in [0.2, 0.25) is 0 Å². The SMILES string of the molecule is CNC(CC1CC1)C1(N(C)C)CCCC1. The van der Waals surface area contributed by atoms with Gasteiger partial charge >= 0.3 is 0 Å². The normalized spacial score (nSPS) is 27.2. The van der Waals surface area contributed by atoms with Crippen LogP contribution in [0.2, 0.25) is 0 Å². The van der Waals surface area contributed by atoms with Gasteiger partial charge in [0, 0.05) is 11.6 Å². The second-order valence-corrected chi connectivity index (χ2v) is 5.73. The Morgan fingerprint density at radius 3 is 2.27 bits per heavy atom. The number of hydrogen-bond acceptors (Lipinski definition) is 2. The summed E-state index contributed by atoms with van der Waals surface area (Å²) in [6, 6.07) is 0.711. The van der Waals surface area contributed by atoms with Gasteiger partial charge < -0.3 is 10.2 Å². The second kappa shape index (κ2) is 4.42. The minimum atomic E-state index is 0.456. The van der Waals surface area contributed by atoms with Crippen LogP contribution in [0, 0.1) is 5.92 Å². The molecule has 0 heterocycles. The highest BCUT2D eigenvalue weighted by Crippen LogP contribution is 2.42. The summed E-state index contributed by atoms with van der Waals surface area (Å²) in [6.45, 7) is 0. The van der Waals surface area contributed by atoms with Crippen LogP contribution in [-0.2, 0) is 0 Å². The first-order valence-electron chi connectivity index (χ1n) is 6.54. The molecule has 2 rings (SSSR count). The Kier molecular flexibility index (Phi) is 3.36. The zero-order valence-electron chi connectivity index (χ0n) is 10.6. The lowest BCUT2D eigenvalue weighted by Gasteiger charge is -2.43. The van der Waals surface area contributed by atoms with Gasteiger partial charge in [-0.15, -0.1) is 0 Å². The molecular weight excluding hydrogens is 184 g/mol. The fourth-order valence-electron chi connectivity index (χ4n) is 3.39. The van der Waals surface area contributed by atoms with Crippen LogP contribution in [0.1, 0.15) is 44.9 Å². The van der Waals surface area contributed by atoms with Gasteiger partial charge in [0.05, 0.1) is 0 Å². The summed E-state index contributed by atoms with van der Waals surface area (Å²) in [4.78, 5) is 2.49. The highest BCUT2D eigenvalue weighted by Gasteiger charge is 2.44. The van der Waals surface area contributed by atoms with Crippen molar-refractivity contribution < 1.29 is 0 Å². The fraction of sp³-hybridized carbons (Fsp3) is 1.00. The Balaban J connectivity index is 2.05. The van der Waals surface area contributed by atoms with Crippen molar-refractivity contribution in [3.63, 3.8) is 0 Å². The van der Waals surface area contributed by atoms with Gasteiger partial charge in [-0.25, -0.2) is 0 Å². The summed E-state index contributed by atoms with van der Waals surface area (Å²) < 4.78 is 0. The summed E-state index contributed by atoms with van der Waals surface area (Å²) in [5.41, 5.74) is 0.456. The molecule has 0 bridgehead atoms. The molecule has 2 heteroatoms. The lowest BCUT2D eigenvalue weighted by molar-refractivity contribution is 0.101. The average Bonchev–Trinajstić information content (AvgIpc) is 2.89. The largest absolute Gasteiger partial charge is 0.315 e. The van der Waals surface area contributed by atoms with E-state index in [9.17, 15) is 0 Å². The van der Waals surface area contributed by atoms with E-state index in [0.717, 1.165) is 5.92 Å². The van der Waals surface area contributed by atoms with E-state index in [1.165, 1.54) is 44.9 Å². The molecule has 0 saturated heterocycles. The number of nitrogens with one attached hydrogen (secondary N) is 1. The van der Waals surface area contributed by atoms with Crippen LogP contribution in [0.3, 0.4) is 0 Å². The van der Waals surface area contributed by atoms with Gasteiger partial charge in [0.1, 0.15) is 0 Å². The maximum absolute atomic E-state index is 3.60. The zero-order chi connectivity index (χ0) is 10.9. The van der Waals surface area contributed by atoms with Gasteiger partial charge in [-0.3, -0.25) is 0 Å². The van der Waals surface area contributed by atoms with Crippen molar-refractivity contribution in [3.05, 3.63) is 0 Å². The van der Waals surface area contributed by atoms with E-state index in [1.807, 2.05) is 0 Å². The number of hydrogen-bond donors (Lipinski definition) is 1. The molecule has 0 radical (unpaired) electrons. The molecular formula is C13H26N2. The predicted octanol–water partition coefficient (Wildman–Crippen LogP) is 2.25. The molecule has 2 aliphatic rings. The number of nitrogens with zero attached hydrogens (tertiary/aromatic N) is 1. The number of likely N-dealkylation sites (N-methyl/N-ethyl adjacent to an activating group) is 2. The van der Waals surface area contributed by atoms with Crippen molar-refractivity contribution in [3.8, 4) is 0 Å². The van der Waals surface area contributed by atoms with Crippen LogP contribution in [0.25, 0.3) is 0 Å². The second-order valence-electron chi connectivity index (χ2n) is 5.73. The molecule has 2 aliphatic carbocycles. The van der Waals surface area contributed by atoms with Crippen LogP contribution < -0.4 is 5.32 Å². The molecule has 2 fully saturated rings. The Morgan fingerprint density at radius 2 is 1.87 bits per heavy atom. The molecule has 2 nitrogen and oxygen atoms in total. The Morgan fingerprint density at radius 1 is 1.27 bits per heavy atom. The third-order valence-corrected chi connectivity index (χ3v) is 4.62. The first-order valence-corrected chi connectivity index (χ1v) is 6.54. The lowest BCUT2D eigenvalue weighted by atomic mass is 9.83. The van der Waals surface area contributed by atoms with Crippen LogP contribution in [0.15, 0.2) is 0 Å². The van der Waals surface area contributed by atoms with E-state index in [2.05, 4.69) is 31.4 Å². The van der Waals surface area contributed by atoms with E-state index in [4.69, 9.17) is 0 Å². The summed E-state index contributed by atoms with van der Waals surface area (Å²) in [7, 11) is 6.68. The molecule has 15 heavy (non-hydrogen) atoms. The molecule has 2 saturated carbocycles. The molecule has 88 valence electrons. The molecule has 0 aromatic rings. The molecule has 1 N–H and O–H groups in total. The monoisotopic (exact) mass is 210 g/mol. The standard InChI is InChI=1S/C13H26N2/c1-14-12(10-11-6-7-11)13(15(2)3)8-4-5-9-13/h11-12,14H,4-10H2,1-3H3. The maximum Gasteiger partial charge on any atom is 0.0356 e. The van der Waals surface area contributed by atoms with Crippen LogP contribution >= 0.6 is 0 Å². The molecule has 1 atom stereocenters. The highest BCUT2D eigenvalue weighted by atomic mass is 15.2. The van der Waals surface area contributed by atoms with E-state index >= 15 is 0 Å². The average molecular weight is 210 g/mol. The van der Waals surface area contributed by atoms with E-state index in [1.54, 1.807) is 0 Å². The highest BCUT2D eigenvalue weighted by molar-refractivity contribution is 5.03. The van der Waals surface area contributed by atoms with Gasteiger partial charge in [0.15, 0.2) is 0 Å². The third kappa shape index (κ3) is 2.21. The van der Waals surface area contributed by atoms with Crippen molar-refractivity contribution >= 4 is 0 Å². The Bertz CT molecular complexity index is 203. The molecule has 0 spiro atoms. The van der Waals surface area contributed by atoms with Crippen molar-refractivity contribution in [2.75, 3.05) is 21.1 Å². The van der Waals surface area contributed by atoms with E-state index < -0.39 is 0 Å². The van der Waals surface area contributed by atoms with Crippen molar-refractivity contribution in [2.45, 2.75) is 56.5 Å². The van der Waals surface area contributed by atoms with Crippen molar-refractivity contribution in [1.82, 2.24) is 10.2 Å². The molecule has 0 aliphatic heterocycles. The van der Waals surface area contributed by atoms with E-state index in [-0.39, 0.29) is 0 Å². The Labute approximate surface area is 94.4 Å². The number of rotatable bonds is 5. The van der Waals surface area contributed by atoms with Crippen molar-refractivity contribution in [2.24, 2.45) is 5.92 Å². The van der Waals surface area contributed by atoms with Crippen LogP contribution in [0.5, 0.6) is 0 Å². The maximum atomic E-state index is 3.60. The topological polar surface area (TPSA) is 15.3 Å². The van der Waals surface area contributed by atoms with Crippen LogP contribution in [-0.4, -0.2) is 37.6 Å².